The van der Waals surface area contributed by atoms with Gasteiger partial charge < -0.3 is 101 Å². The minimum absolute atomic E-state index is 0.0309. The fourth-order valence-corrected chi connectivity index (χ4v) is 9.62. The summed E-state index contributed by atoms with van der Waals surface area (Å²) in [5.41, 5.74) is 28.3. The molecule has 0 radical (unpaired) electrons. The van der Waals surface area contributed by atoms with Crippen molar-refractivity contribution in [2.45, 2.75) is 178 Å². The van der Waals surface area contributed by atoms with Crippen molar-refractivity contribution in [3.05, 3.63) is 65.7 Å². The number of amides is 11. The van der Waals surface area contributed by atoms with Crippen molar-refractivity contribution in [2.75, 3.05) is 6.54 Å². The molecule has 10 atom stereocenters. The third-order valence-corrected chi connectivity index (χ3v) is 14.6. The molecule has 0 aromatic heterocycles. The van der Waals surface area contributed by atoms with Crippen LogP contribution < -0.4 is 81.0 Å². The zero-order valence-electron chi connectivity index (χ0n) is 54.1. The second-order valence-corrected chi connectivity index (χ2v) is 24.5. The maximum Gasteiger partial charge on any atom is 0.524 e. The van der Waals surface area contributed by atoms with Crippen LogP contribution in [0.25, 0.3) is 0 Å². The molecule has 0 saturated heterocycles. The van der Waals surface area contributed by atoms with Crippen molar-refractivity contribution >= 4 is 103 Å². The van der Waals surface area contributed by atoms with E-state index in [0.29, 0.717) is 11.1 Å². The van der Waals surface area contributed by atoms with E-state index in [1.807, 2.05) is 0 Å². The number of phosphoric acid groups is 1. The molecule has 0 aliphatic rings. The van der Waals surface area contributed by atoms with Crippen molar-refractivity contribution in [1.82, 2.24) is 47.9 Å². The zero-order valence-corrected chi connectivity index (χ0v) is 55.0. The number of nitrogens with one attached hydrogen (secondary N) is 9. The normalized spacial score (nSPS) is 14.2. The van der Waals surface area contributed by atoms with Crippen LogP contribution >= 0.6 is 7.82 Å². The highest BCUT2D eigenvalue weighted by Crippen LogP contribution is 2.37. The molecule has 0 unspecified atom stereocenters. The quantitative estimate of drug-likeness (QED) is 0.0128. The first-order chi connectivity index (χ1) is 45.7. The lowest BCUT2D eigenvalue weighted by atomic mass is 10.00. The Morgan fingerprint density at radius 3 is 1.29 bits per heavy atom. The summed E-state index contributed by atoms with van der Waals surface area (Å²) in [6, 6.07) is -4.18. The standard InChI is InChI=1S/C59H88N15O23P/c1-29(2)25-40(54(88)70-39(58(92)93)11-8-24-65-59(63)64)71-55(89)41(27-31-9-6-5-7-10-31)72-52(86)38(19-23-46(79)80)68-51(85)37(18-22-45(77)78)69-56(90)42(28-47(81)82)73-57(91)48(30(3)4)74-53(87)36(17-21-44(62)76)67-50(84)35(16-20-43(61)75)66-49(83)34(60)26-32-12-14-33(15-13-32)97-98(94,95)96/h5-7,9-10,12-15,29-30,34-42,48H,8,11,16-28,60H2,1-4H3,(H2,61,75)(H2,62,76)(H,66,83)(H,67,84)(H,68,85)(H,69,90)(H,70,88)(H,71,89)(H,72,86)(H,73,91)(H,74,87)(H,77,78)(H,79,80)(H,81,82)(H,92,93)(H4,63,64,65)(H2,94,95,96)/t34-,35-,36-,37-,38-,39-,40-,41-,42-,48-/m0/s1. The van der Waals surface area contributed by atoms with Gasteiger partial charge in [-0.05, 0) is 86.5 Å². The second kappa shape index (κ2) is 41.6. The van der Waals surface area contributed by atoms with Gasteiger partial charge in [-0.3, -0.25) is 81.9 Å². The van der Waals surface area contributed by atoms with Crippen LogP contribution in [-0.4, -0.2) is 192 Å². The first-order valence-electron chi connectivity index (χ1n) is 30.6. The number of nitrogens with two attached hydrogens (primary N) is 5. The van der Waals surface area contributed by atoms with Gasteiger partial charge in [-0.25, -0.2) is 9.36 Å². The van der Waals surface area contributed by atoms with Crippen molar-refractivity contribution in [2.24, 2.45) is 45.5 Å². The lowest BCUT2D eigenvalue weighted by Crippen LogP contribution is -2.61. The maximum atomic E-state index is 14.3. The zero-order chi connectivity index (χ0) is 74.1. The molecule has 542 valence electrons. The van der Waals surface area contributed by atoms with Crippen LogP contribution in [0.1, 0.15) is 116 Å². The van der Waals surface area contributed by atoms with Gasteiger partial charge in [0.2, 0.25) is 65.0 Å². The topological polar surface area (TPSA) is 654 Å². The van der Waals surface area contributed by atoms with E-state index in [1.165, 1.54) is 38.1 Å². The van der Waals surface area contributed by atoms with E-state index >= 15 is 0 Å². The summed E-state index contributed by atoms with van der Waals surface area (Å²) >= 11 is 0. The van der Waals surface area contributed by atoms with Gasteiger partial charge in [0.15, 0.2) is 5.96 Å². The highest BCUT2D eigenvalue weighted by molar-refractivity contribution is 7.46. The Labute approximate surface area is 561 Å². The van der Waals surface area contributed by atoms with Crippen LogP contribution in [0.5, 0.6) is 5.75 Å². The number of phosphoric ester groups is 1. The summed E-state index contributed by atoms with van der Waals surface area (Å²) < 4.78 is 15.7. The van der Waals surface area contributed by atoms with Gasteiger partial charge in [0.25, 0.3) is 0 Å². The van der Waals surface area contributed by atoms with Gasteiger partial charge in [0, 0.05) is 38.6 Å². The van der Waals surface area contributed by atoms with Crippen molar-refractivity contribution in [1.29, 1.82) is 0 Å². The Kier molecular flexibility index (Phi) is 35.5. The number of aliphatic imine (C=N–C) groups is 1. The third-order valence-electron chi connectivity index (χ3n) is 14.2. The summed E-state index contributed by atoms with van der Waals surface area (Å²) in [4.78, 5) is 220. The van der Waals surface area contributed by atoms with E-state index in [9.17, 15) is 96.9 Å². The number of hydrogen-bond donors (Lipinski definition) is 20. The Hall–Kier alpha value is -10.3. The molecule has 38 nitrogen and oxygen atoms in total. The molecule has 2 rings (SSSR count). The minimum Gasteiger partial charge on any atom is -0.481 e. The van der Waals surface area contributed by atoms with Crippen molar-refractivity contribution in [3.8, 4) is 5.75 Å². The Morgan fingerprint density at radius 1 is 0.459 bits per heavy atom. The summed E-state index contributed by atoms with van der Waals surface area (Å²) in [5.74, 6) is -20.4. The number of carboxylic acid groups (broad SMARTS) is 4. The van der Waals surface area contributed by atoms with Crippen LogP contribution in [0, 0.1) is 11.8 Å². The molecular formula is C59H88N15O23P. The number of carbonyl (C=O) groups is 15. The number of aliphatic carboxylic acids is 4. The van der Waals surface area contributed by atoms with E-state index in [4.69, 9.17) is 38.5 Å². The smallest absolute Gasteiger partial charge is 0.481 e. The number of carbonyl (C=O) groups excluding carboxylic acids is 11. The van der Waals surface area contributed by atoms with Gasteiger partial charge in [0.1, 0.15) is 60.1 Å². The molecule has 39 heteroatoms. The van der Waals surface area contributed by atoms with E-state index in [2.05, 4.69) is 57.4 Å². The monoisotopic (exact) mass is 1410 g/mol. The number of guanidine groups is 1. The molecule has 2 aromatic rings. The molecule has 98 heavy (non-hydrogen) atoms. The molecule has 0 heterocycles. The van der Waals surface area contributed by atoms with Gasteiger partial charge in [-0.2, -0.15) is 0 Å². The Morgan fingerprint density at radius 2 is 0.857 bits per heavy atom. The largest absolute Gasteiger partial charge is 0.524 e. The van der Waals surface area contributed by atoms with E-state index in [1.54, 1.807) is 44.2 Å². The SMILES string of the molecule is CC(C)C[C@H](NC(=O)[C@H](Cc1ccccc1)NC(=O)[C@H](CCC(=O)O)NC(=O)[C@H](CCC(=O)O)NC(=O)[C@H](CC(=O)O)NC(=O)[C@@H](NC(=O)[C@H](CCC(N)=O)NC(=O)[C@H](CCC(N)=O)NC(=O)[C@@H](N)Cc1ccc(OP(=O)(O)O)cc1)C(C)C)C(=O)N[C@@H](CCCN=C(N)N)C(=O)O. The van der Waals surface area contributed by atoms with Crippen LogP contribution in [0.15, 0.2) is 59.6 Å². The predicted octanol–water partition coefficient (Wildman–Crippen LogP) is -4.79. The molecular weight excluding hydrogens is 1320 g/mol. The number of rotatable bonds is 46. The Bertz CT molecular complexity index is 3220. The fraction of sp³-hybridized carbons (Fsp3) is 0.525. The van der Waals surface area contributed by atoms with Crippen LogP contribution in [0.4, 0.5) is 0 Å². The highest BCUT2D eigenvalue weighted by Gasteiger charge is 2.38. The average Bonchev–Trinajstić information content (AvgIpc) is 0.871. The molecule has 0 aliphatic carbocycles. The fourth-order valence-electron chi connectivity index (χ4n) is 9.22. The lowest BCUT2D eigenvalue weighted by Gasteiger charge is -2.29. The molecule has 0 aliphatic heterocycles. The Balaban J connectivity index is 2.50. The van der Waals surface area contributed by atoms with Crippen molar-refractivity contribution in [3.63, 3.8) is 0 Å². The van der Waals surface area contributed by atoms with E-state index in [-0.39, 0.29) is 56.3 Å². The minimum atomic E-state index is -4.90. The van der Waals surface area contributed by atoms with Gasteiger partial charge in [-0.1, -0.05) is 70.2 Å². The van der Waals surface area contributed by atoms with Crippen LogP contribution in [0.2, 0.25) is 0 Å². The third kappa shape index (κ3) is 33.4. The number of benzene rings is 2. The van der Waals surface area contributed by atoms with E-state index < -0.39 is 221 Å². The van der Waals surface area contributed by atoms with Gasteiger partial charge >= 0.3 is 31.7 Å². The number of carboxylic acids is 4. The molecule has 2 aromatic carbocycles. The average molecular weight is 1410 g/mol. The number of nitrogens with zero attached hydrogens (tertiary/aromatic N) is 1. The first-order valence-corrected chi connectivity index (χ1v) is 32.2. The van der Waals surface area contributed by atoms with E-state index in [0.717, 1.165) is 0 Å². The molecule has 11 amide bonds. The van der Waals surface area contributed by atoms with Crippen LogP contribution in [0.3, 0.4) is 0 Å². The predicted molar refractivity (Wildman–Crippen MR) is 343 cm³/mol. The summed E-state index contributed by atoms with van der Waals surface area (Å²) in [6.07, 6.45) is -7.22. The van der Waals surface area contributed by atoms with Crippen LogP contribution in [-0.2, 0) is 89.3 Å². The molecule has 25 N–H and O–H groups in total. The van der Waals surface area contributed by atoms with Gasteiger partial charge in [0.05, 0.1) is 12.5 Å². The second-order valence-electron chi connectivity index (χ2n) is 23.3. The summed E-state index contributed by atoms with van der Waals surface area (Å²) in [7, 11) is -4.90. The summed E-state index contributed by atoms with van der Waals surface area (Å²) in [5, 5.41) is 60.2. The number of hydrogen-bond acceptors (Lipinski definition) is 19. The molecule has 0 saturated carbocycles. The lowest BCUT2D eigenvalue weighted by molar-refractivity contribution is -0.143. The van der Waals surface area contributed by atoms with Gasteiger partial charge in [-0.15, -0.1) is 0 Å². The maximum absolute atomic E-state index is 14.3. The molecule has 0 bridgehead atoms. The molecule has 0 spiro atoms. The summed E-state index contributed by atoms with van der Waals surface area (Å²) in [6.45, 7) is 6.18. The van der Waals surface area contributed by atoms with Crippen molar-refractivity contribution < 1.29 is 111 Å². The number of primary amides is 2. The highest BCUT2D eigenvalue weighted by atomic mass is 31.2. The molecule has 0 fully saturated rings. The first kappa shape index (κ1) is 83.8.